The summed E-state index contributed by atoms with van der Waals surface area (Å²) in [6.45, 7) is 9.00. The second-order valence-corrected chi connectivity index (χ2v) is 11.1. The van der Waals surface area contributed by atoms with E-state index in [1.54, 1.807) is 32.9 Å². The minimum Gasteiger partial charge on any atom is -0.443 e. The Morgan fingerprint density at radius 2 is 1.71 bits per heavy atom. The number of benzene rings is 1. The quantitative estimate of drug-likeness (QED) is 0.425. The summed E-state index contributed by atoms with van der Waals surface area (Å²) >= 11 is 0. The van der Waals surface area contributed by atoms with Crippen LogP contribution in [-0.4, -0.2) is 34.8 Å². The highest BCUT2D eigenvalue weighted by Crippen LogP contribution is 2.44. The van der Waals surface area contributed by atoms with Crippen LogP contribution < -0.4 is 9.80 Å². The summed E-state index contributed by atoms with van der Waals surface area (Å²) < 4.78 is 52.9. The first kappa shape index (κ1) is 27.9. The molecule has 1 saturated carbocycles. The number of alkyl halides is 3. The first-order chi connectivity index (χ1) is 17.7. The highest BCUT2D eigenvalue weighted by atomic mass is 19.4. The van der Waals surface area contributed by atoms with Crippen LogP contribution in [0.2, 0.25) is 0 Å². The zero-order valence-electron chi connectivity index (χ0n) is 22.3. The highest BCUT2D eigenvalue weighted by Gasteiger charge is 2.40. The molecule has 0 unspecified atom stereocenters. The van der Waals surface area contributed by atoms with E-state index in [-0.39, 0.29) is 47.8 Å². The Labute approximate surface area is 220 Å². The Morgan fingerprint density at radius 3 is 2.32 bits per heavy atom. The molecule has 206 valence electrons. The van der Waals surface area contributed by atoms with Gasteiger partial charge in [0.2, 0.25) is 5.91 Å². The van der Waals surface area contributed by atoms with Crippen molar-refractivity contribution in [2.75, 3.05) is 9.80 Å². The van der Waals surface area contributed by atoms with Gasteiger partial charge >= 0.3 is 12.3 Å². The van der Waals surface area contributed by atoms with Crippen LogP contribution in [0.15, 0.2) is 36.5 Å². The van der Waals surface area contributed by atoms with Gasteiger partial charge in [0.05, 0.1) is 35.7 Å². The topological polar surface area (TPSA) is 72.0 Å². The first-order valence-corrected chi connectivity index (χ1v) is 12.9. The third-order valence-electron chi connectivity index (χ3n) is 6.57. The molecular formula is C28H34F3N3O4. The molecule has 2 aromatic rings. The number of pyridine rings is 1. The molecule has 1 aliphatic heterocycles. The molecule has 2 heterocycles. The third kappa shape index (κ3) is 6.11. The van der Waals surface area contributed by atoms with Gasteiger partial charge in [-0.3, -0.25) is 4.79 Å². The monoisotopic (exact) mass is 533 g/mol. The third-order valence-corrected chi connectivity index (χ3v) is 6.57. The lowest BCUT2D eigenvalue weighted by Gasteiger charge is -2.33. The summed E-state index contributed by atoms with van der Waals surface area (Å²) in [7, 11) is 0. The fourth-order valence-corrected chi connectivity index (χ4v) is 4.97. The number of rotatable bonds is 3. The van der Waals surface area contributed by atoms with Crippen molar-refractivity contribution in [3.63, 3.8) is 0 Å². The van der Waals surface area contributed by atoms with Crippen molar-refractivity contribution in [2.45, 2.75) is 90.8 Å². The molecular weight excluding hydrogens is 499 g/mol. The van der Waals surface area contributed by atoms with Gasteiger partial charge in [0.1, 0.15) is 11.4 Å². The van der Waals surface area contributed by atoms with Crippen LogP contribution in [0, 0.1) is 5.92 Å². The number of hydrogen-bond donors (Lipinski definition) is 0. The number of carbonyl (C=O) groups is 2. The maximum Gasteiger partial charge on any atom is 0.420 e. The second kappa shape index (κ2) is 10.6. The Balaban J connectivity index is 1.79. The molecule has 1 aliphatic carbocycles. The Hall–Kier alpha value is -3.14. The van der Waals surface area contributed by atoms with Gasteiger partial charge in [-0.2, -0.15) is 13.2 Å². The normalized spacial score (nSPS) is 20.0. The highest BCUT2D eigenvalue weighted by molar-refractivity contribution is 6.06. The van der Waals surface area contributed by atoms with Crippen molar-refractivity contribution in [3.05, 3.63) is 47.7 Å². The van der Waals surface area contributed by atoms with Crippen LogP contribution in [0.25, 0.3) is 0 Å². The molecule has 0 atom stereocenters. The van der Waals surface area contributed by atoms with Crippen LogP contribution in [0.3, 0.4) is 0 Å². The predicted octanol–water partition coefficient (Wildman–Crippen LogP) is 7.00. The minimum absolute atomic E-state index is 0.00534. The maximum absolute atomic E-state index is 13.9. The first-order valence-electron chi connectivity index (χ1n) is 12.9. The van der Waals surface area contributed by atoms with E-state index in [9.17, 15) is 22.8 Å². The smallest absolute Gasteiger partial charge is 0.420 e. The van der Waals surface area contributed by atoms with Gasteiger partial charge < -0.3 is 14.4 Å². The van der Waals surface area contributed by atoms with Gasteiger partial charge in [-0.15, -0.1) is 0 Å². The van der Waals surface area contributed by atoms with Crippen LogP contribution in [-0.2, 0) is 27.0 Å². The number of halogens is 3. The summed E-state index contributed by atoms with van der Waals surface area (Å²) in [5.74, 6) is -0.445. The Bertz CT molecular complexity index is 1180. The molecule has 0 saturated heterocycles. The van der Waals surface area contributed by atoms with E-state index in [1.165, 1.54) is 17.2 Å². The summed E-state index contributed by atoms with van der Waals surface area (Å²) in [4.78, 5) is 34.2. The maximum atomic E-state index is 13.9. The Kier molecular flexibility index (Phi) is 7.74. The number of fused-ring (bicyclic) bond motifs is 2. The average molecular weight is 534 g/mol. The fraction of sp³-hybridized carbons (Fsp3) is 0.536. The van der Waals surface area contributed by atoms with E-state index in [0.29, 0.717) is 31.2 Å². The van der Waals surface area contributed by atoms with Crippen molar-refractivity contribution in [3.8, 4) is 0 Å². The lowest BCUT2D eigenvalue weighted by atomic mass is 9.86. The molecule has 10 heteroatoms. The molecule has 0 radical (unpaired) electrons. The number of nitrogens with zero attached hydrogens (tertiary/aromatic N) is 3. The zero-order valence-corrected chi connectivity index (χ0v) is 22.3. The van der Waals surface area contributed by atoms with E-state index in [0.717, 1.165) is 17.0 Å². The number of amides is 2. The number of hydrogen-bond acceptors (Lipinski definition) is 5. The largest absolute Gasteiger partial charge is 0.443 e. The molecule has 7 nitrogen and oxygen atoms in total. The lowest BCUT2D eigenvalue weighted by molar-refractivity contribution is -0.137. The summed E-state index contributed by atoms with van der Waals surface area (Å²) in [5, 5.41) is 0. The molecule has 38 heavy (non-hydrogen) atoms. The van der Waals surface area contributed by atoms with Gasteiger partial charge in [-0.25, -0.2) is 14.7 Å². The van der Waals surface area contributed by atoms with Crippen molar-refractivity contribution >= 4 is 29.2 Å². The van der Waals surface area contributed by atoms with E-state index in [2.05, 4.69) is 4.98 Å². The molecule has 4 rings (SSSR count). The van der Waals surface area contributed by atoms with Crippen LogP contribution in [0.4, 0.5) is 35.2 Å². The molecule has 0 spiro atoms. The minimum atomic E-state index is -4.63. The molecule has 1 fully saturated rings. The van der Waals surface area contributed by atoms with Crippen LogP contribution in [0.1, 0.15) is 71.4 Å². The predicted molar refractivity (Wildman–Crippen MR) is 137 cm³/mol. The molecule has 1 aromatic carbocycles. The van der Waals surface area contributed by atoms with Crippen molar-refractivity contribution < 1.29 is 32.2 Å². The number of aromatic nitrogens is 1. The van der Waals surface area contributed by atoms with E-state index >= 15 is 0 Å². The zero-order chi connectivity index (χ0) is 27.8. The van der Waals surface area contributed by atoms with Gasteiger partial charge in [0.25, 0.3) is 0 Å². The molecule has 1 aromatic heterocycles. The summed E-state index contributed by atoms with van der Waals surface area (Å²) in [6.07, 6.45) is -1.28. The summed E-state index contributed by atoms with van der Waals surface area (Å²) in [6, 6.07) is 6.43. The van der Waals surface area contributed by atoms with Gasteiger partial charge in [0, 0.05) is 17.7 Å². The Morgan fingerprint density at radius 1 is 1.03 bits per heavy atom. The van der Waals surface area contributed by atoms with E-state index in [1.807, 2.05) is 13.8 Å². The van der Waals surface area contributed by atoms with Crippen molar-refractivity contribution in [2.24, 2.45) is 5.92 Å². The molecule has 2 amide bonds. The molecule has 2 aliphatic rings. The number of ether oxygens (including phenoxy) is 2. The van der Waals surface area contributed by atoms with E-state index < -0.39 is 23.4 Å². The van der Waals surface area contributed by atoms with Crippen LogP contribution >= 0.6 is 0 Å². The average Bonchev–Trinajstić information content (AvgIpc) is 2.96. The van der Waals surface area contributed by atoms with Crippen LogP contribution in [0.5, 0.6) is 0 Å². The second-order valence-electron chi connectivity index (χ2n) is 11.1. The number of anilines is 3. The van der Waals surface area contributed by atoms with Crippen molar-refractivity contribution in [1.82, 2.24) is 4.98 Å². The SMILES string of the molecule is CC(C)OC1CCC(C(=O)N2Cc3cccnc3N(C(=O)OC(C)(C)C)c3ccc(C(F)(F)F)cc32)CC1. The molecule has 0 N–H and O–H groups in total. The lowest BCUT2D eigenvalue weighted by Crippen LogP contribution is -2.39. The van der Waals surface area contributed by atoms with Gasteiger partial charge in [-0.1, -0.05) is 6.07 Å². The van der Waals surface area contributed by atoms with Gasteiger partial charge in [0.15, 0.2) is 0 Å². The van der Waals surface area contributed by atoms with Crippen molar-refractivity contribution in [1.29, 1.82) is 0 Å². The molecule has 0 bridgehead atoms. The van der Waals surface area contributed by atoms with E-state index in [4.69, 9.17) is 9.47 Å². The standard InChI is InChI=1S/C28H34F3N3O4/c1-17(2)37-21-11-8-18(9-12-21)25(35)33-16-19-7-6-14-32-24(19)34(26(36)38-27(3,4)5)22-13-10-20(15-23(22)33)28(29,30)31/h6-7,10,13-15,17-18,21H,8-9,11-12,16H2,1-5H3. The number of carbonyl (C=O) groups excluding carboxylic acids is 2. The summed E-state index contributed by atoms with van der Waals surface area (Å²) in [5.41, 5.74) is -1.15. The fourth-order valence-electron chi connectivity index (χ4n) is 4.97. The van der Waals surface area contributed by atoms with Gasteiger partial charge in [-0.05, 0) is 84.6 Å².